The van der Waals surface area contributed by atoms with Gasteiger partial charge in [0, 0.05) is 0 Å². The molecule has 0 amide bonds. The van der Waals surface area contributed by atoms with Crippen molar-refractivity contribution < 1.29 is 0 Å². The first-order valence-corrected chi connectivity index (χ1v) is 5.62. The van der Waals surface area contributed by atoms with E-state index >= 15 is 0 Å². The van der Waals surface area contributed by atoms with Crippen LogP contribution in [0.4, 0.5) is 0 Å². The van der Waals surface area contributed by atoms with Crippen LogP contribution >= 0.6 is 0 Å². The normalized spacial score (nSPS) is 28.6. The topological polar surface area (TPSA) is 0 Å². The zero-order valence-corrected chi connectivity index (χ0v) is 8.86. The van der Waals surface area contributed by atoms with Gasteiger partial charge in [-0.1, -0.05) is 48.6 Å². The Morgan fingerprint density at radius 3 is 2.07 bits per heavy atom. The summed E-state index contributed by atoms with van der Waals surface area (Å²) in [5, 5.41) is 0. The third kappa shape index (κ3) is 6.47. The van der Waals surface area contributed by atoms with Crippen LogP contribution in [0.5, 0.6) is 0 Å². The van der Waals surface area contributed by atoms with Crippen LogP contribution < -0.4 is 0 Å². The first-order chi connectivity index (χ1) is 7.00. The van der Waals surface area contributed by atoms with Crippen molar-refractivity contribution in [3.63, 3.8) is 0 Å². The van der Waals surface area contributed by atoms with Crippen LogP contribution in [0.3, 0.4) is 0 Å². The molecule has 0 bridgehead atoms. The van der Waals surface area contributed by atoms with Crippen molar-refractivity contribution in [1.29, 1.82) is 0 Å². The zero-order chi connectivity index (χ0) is 9.90. The Balaban J connectivity index is 2.34. The average molecular weight is 188 g/mol. The molecule has 0 saturated heterocycles. The van der Waals surface area contributed by atoms with Gasteiger partial charge in [-0.05, 0) is 38.5 Å². The molecule has 0 aromatic rings. The highest BCUT2D eigenvalue weighted by molar-refractivity contribution is 5.05. The first-order valence-electron chi connectivity index (χ1n) is 5.62. The molecule has 14 heavy (non-hydrogen) atoms. The Kier molecular flexibility index (Phi) is 6.74. The fourth-order valence-electron chi connectivity index (χ4n) is 1.41. The summed E-state index contributed by atoms with van der Waals surface area (Å²) < 4.78 is 0. The van der Waals surface area contributed by atoms with E-state index in [2.05, 4.69) is 48.6 Å². The van der Waals surface area contributed by atoms with Gasteiger partial charge in [0.15, 0.2) is 0 Å². The average Bonchev–Trinajstić information content (AvgIpc) is 2.22. The Morgan fingerprint density at radius 2 is 1.14 bits per heavy atom. The van der Waals surface area contributed by atoms with Gasteiger partial charge in [-0.25, -0.2) is 0 Å². The van der Waals surface area contributed by atoms with E-state index in [1.165, 1.54) is 32.1 Å². The molecule has 0 aliphatic heterocycles. The van der Waals surface area contributed by atoms with Crippen LogP contribution in [0, 0.1) is 0 Å². The van der Waals surface area contributed by atoms with Crippen LogP contribution in [0.1, 0.15) is 38.5 Å². The maximum absolute atomic E-state index is 2.31. The molecule has 76 valence electrons. The highest BCUT2D eigenvalue weighted by Gasteiger charge is 1.81. The van der Waals surface area contributed by atoms with Gasteiger partial charge in [0.2, 0.25) is 0 Å². The molecule has 0 nitrogen and oxygen atoms in total. The highest BCUT2D eigenvalue weighted by Crippen LogP contribution is 2.02. The van der Waals surface area contributed by atoms with E-state index in [0.29, 0.717) is 0 Å². The van der Waals surface area contributed by atoms with E-state index in [0.717, 1.165) is 6.42 Å². The van der Waals surface area contributed by atoms with E-state index < -0.39 is 0 Å². The second-order valence-electron chi connectivity index (χ2n) is 3.54. The fourth-order valence-corrected chi connectivity index (χ4v) is 1.41. The Morgan fingerprint density at radius 1 is 0.500 bits per heavy atom. The van der Waals surface area contributed by atoms with Gasteiger partial charge in [-0.3, -0.25) is 0 Å². The second kappa shape index (κ2) is 8.55. The molecule has 0 radical (unpaired) electrons. The quantitative estimate of drug-likeness (QED) is 0.489. The standard InChI is InChI=1S/C14H20/c1-2-4-6-8-10-12-14-13-11-9-7-5-3-1/h1-4,7,9,12,14H,5-6,8,10-11,13H2/b3-1-,4-2-,9-7-,14-12-. The first kappa shape index (κ1) is 11.0. The van der Waals surface area contributed by atoms with Crippen molar-refractivity contribution in [2.45, 2.75) is 38.5 Å². The van der Waals surface area contributed by atoms with E-state index in [-0.39, 0.29) is 0 Å². The molecule has 1 aliphatic rings. The van der Waals surface area contributed by atoms with Gasteiger partial charge in [-0.15, -0.1) is 0 Å². The van der Waals surface area contributed by atoms with Gasteiger partial charge in [0.05, 0.1) is 0 Å². The van der Waals surface area contributed by atoms with E-state index in [4.69, 9.17) is 0 Å². The Bertz CT molecular complexity index is 228. The monoisotopic (exact) mass is 188 g/mol. The lowest BCUT2D eigenvalue weighted by Gasteiger charge is -1.91. The Labute approximate surface area is 87.7 Å². The predicted octanol–water partition coefficient (Wildman–Crippen LogP) is 4.57. The minimum Gasteiger partial charge on any atom is -0.0885 e. The van der Waals surface area contributed by atoms with Crippen LogP contribution in [-0.4, -0.2) is 0 Å². The molecular formula is C14H20. The summed E-state index contributed by atoms with van der Waals surface area (Å²) in [6.07, 6.45) is 25.0. The lowest BCUT2D eigenvalue weighted by Crippen LogP contribution is -1.71. The Hall–Kier alpha value is -1.04. The van der Waals surface area contributed by atoms with Crippen LogP contribution in [0.25, 0.3) is 0 Å². The second-order valence-corrected chi connectivity index (χ2v) is 3.54. The number of rotatable bonds is 0. The molecule has 1 rings (SSSR count). The number of hydrogen-bond donors (Lipinski definition) is 0. The highest BCUT2D eigenvalue weighted by atomic mass is 13.9. The fraction of sp³-hybridized carbons (Fsp3) is 0.429. The van der Waals surface area contributed by atoms with Crippen LogP contribution in [0.2, 0.25) is 0 Å². The minimum absolute atomic E-state index is 1.06. The van der Waals surface area contributed by atoms with E-state index in [9.17, 15) is 0 Å². The van der Waals surface area contributed by atoms with E-state index in [1.54, 1.807) is 0 Å². The van der Waals surface area contributed by atoms with Crippen molar-refractivity contribution in [2.75, 3.05) is 0 Å². The molecule has 0 unspecified atom stereocenters. The third-order valence-corrected chi connectivity index (χ3v) is 2.23. The maximum Gasteiger partial charge on any atom is -0.0166 e. The summed E-state index contributed by atoms with van der Waals surface area (Å²) in [5.74, 6) is 0. The SMILES string of the molecule is C1=C\C/C=C\CC/C=C\CCC\C=C/1. The van der Waals surface area contributed by atoms with Crippen LogP contribution in [-0.2, 0) is 0 Å². The third-order valence-electron chi connectivity index (χ3n) is 2.23. The van der Waals surface area contributed by atoms with Gasteiger partial charge in [0.25, 0.3) is 0 Å². The predicted molar refractivity (Wildman–Crippen MR) is 64.3 cm³/mol. The molecule has 0 heteroatoms. The summed E-state index contributed by atoms with van der Waals surface area (Å²) in [4.78, 5) is 0. The van der Waals surface area contributed by atoms with Crippen molar-refractivity contribution in [3.05, 3.63) is 48.6 Å². The van der Waals surface area contributed by atoms with Crippen molar-refractivity contribution in [2.24, 2.45) is 0 Å². The van der Waals surface area contributed by atoms with E-state index in [1.807, 2.05) is 0 Å². The molecule has 0 atom stereocenters. The smallest absolute Gasteiger partial charge is 0.0166 e. The molecule has 0 fully saturated rings. The molecule has 0 spiro atoms. The summed E-state index contributed by atoms with van der Waals surface area (Å²) >= 11 is 0. The molecule has 0 saturated carbocycles. The zero-order valence-electron chi connectivity index (χ0n) is 8.86. The summed E-state index contributed by atoms with van der Waals surface area (Å²) in [5.41, 5.74) is 0. The lowest BCUT2D eigenvalue weighted by atomic mass is 10.2. The molecular weight excluding hydrogens is 168 g/mol. The molecule has 0 aromatic carbocycles. The number of hydrogen-bond acceptors (Lipinski definition) is 0. The molecule has 1 aliphatic carbocycles. The van der Waals surface area contributed by atoms with Crippen molar-refractivity contribution in [1.82, 2.24) is 0 Å². The van der Waals surface area contributed by atoms with Crippen molar-refractivity contribution in [3.8, 4) is 0 Å². The lowest BCUT2D eigenvalue weighted by molar-refractivity contribution is 0.862. The summed E-state index contributed by atoms with van der Waals surface area (Å²) in [6, 6.07) is 0. The van der Waals surface area contributed by atoms with Gasteiger partial charge >= 0.3 is 0 Å². The molecule has 0 N–H and O–H groups in total. The molecule has 0 heterocycles. The van der Waals surface area contributed by atoms with Gasteiger partial charge in [-0.2, -0.15) is 0 Å². The van der Waals surface area contributed by atoms with Crippen LogP contribution in [0.15, 0.2) is 48.6 Å². The molecule has 0 aromatic heterocycles. The number of allylic oxidation sites excluding steroid dienone is 8. The maximum atomic E-state index is 2.31. The van der Waals surface area contributed by atoms with Gasteiger partial charge in [0.1, 0.15) is 0 Å². The largest absolute Gasteiger partial charge is 0.0885 e. The minimum atomic E-state index is 1.06. The summed E-state index contributed by atoms with van der Waals surface area (Å²) in [7, 11) is 0. The summed E-state index contributed by atoms with van der Waals surface area (Å²) in [6.45, 7) is 0. The van der Waals surface area contributed by atoms with Gasteiger partial charge < -0.3 is 0 Å². The van der Waals surface area contributed by atoms with Crippen molar-refractivity contribution >= 4 is 0 Å².